The molecule has 1 fully saturated rings. The zero-order valence-electron chi connectivity index (χ0n) is 9.03. The fourth-order valence-electron chi connectivity index (χ4n) is 2.21. The molecule has 1 atom stereocenters. The smallest absolute Gasteiger partial charge is 0.155 e. The largest absolute Gasteiger partial charge is 0.612 e. The van der Waals surface area contributed by atoms with E-state index in [1.165, 1.54) is 5.56 Å². The second kappa shape index (κ2) is 5.01. The minimum Gasteiger partial charge on any atom is -0.612 e. The normalized spacial score (nSPS) is 20.1. The van der Waals surface area contributed by atoms with E-state index in [-0.39, 0.29) is 0 Å². The molecule has 0 aromatic heterocycles. The predicted molar refractivity (Wildman–Crippen MR) is 63.6 cm³/mol. The maximum atomic E-state index is 11.6. The highest BCUT2D eigenvalue weighted by molar-refractivity contribution is 7.90. The number of rotatable bonds is 2. The summed E-state index contributed by atoms with van der Waals surface area (Å²) >= 11 is -0.863. The van der Waals surface area contributed by atoms with Gasteiger partial charge in [0.2, 0.25) is 0 Å². The highest BCUT2D eigenvalue weighted by Gasteiger charge is 2.21. The van der Waals surface area contributed by atoms with Crippen molar-refractivity contribution in [1.82, 2.24) is 5.32 Å². The van der Waals surface area contributed by atoms with Crippen LogP contribution in [-0.2, 0) is 11.2 Å². The number of benzene rings is 1. The van der Waals surface area contributed by atoms with Gasteiger partial charge in [0.25, 0.3) is 0 Å². The van der Waals surface area contributed by atoms with E-state index >= 15 is 0 Å². The lowest BCUT2D eigenvalue weighted by Crippen LogP contribution is -2.27. The Hall–Kier alpha value is -0.510. The van der Waals surface area contributed by atoms with Crippen molar-refractivity contribution in [1.29, 1.82) is 0 Å². The van der Waals surface area contributed by atoms with Crippen LogP contribution >= 0.6 is 0 Å². The quantitative estimate of drug-likeness (QED) is 0.777. The monoisotopic (exact) mass is 223 g/mol. The summed E-state index contributed by atoms with van der Waals surface area (Å²) < 4.78 is 11.6. The predicted octanol–water partition coefficient (Wildman–Crippen LogP) is 1.89. The summed E-state index contributed by atoms with van der Waals surface area (Å²) in [5.41, 5.74) is 1.29. The molecule has 15 heavy (non-hydrogen) atoms. The molecule has 1 heterocycles. The van der Waals surface area contributed by atoms with Gasteiger partial charge in [-0.05, 0) is 49.1 Å². The molecule has 2 nitrogen and oxygen atoms in total. The van der Waals surface area contributed by atoms with E-state index in [4.69, 9.17) is 0 Å². The molecule has 0 radical (unpaired) electrons. The molecule has 1 N–H and O–H groups in total. The second-order valence-electron chi connectivity index (χ2n) is 4.02. The zero-order chi connectivity index (χ0) is 10.7. The van der Waals surface area contributed by atoms with Crippen molar-refractivity contribution < 1.29 is 4.55 Å². The zero-order valence-corrected chi connectivity index (χ0v) is 9.85. The van der Waals surface area contributed by atoms with E-state index in [9.17, 15) is 4.55 Å². The molecule has 0 aliphatic carbocycles. The third kappa shape index (κ3) is 2.54. The van der Waals surface area contributed by atoms with Crippen molar-refractivity contribution in [2.45, 2.75) is 23.7 Å². The Bertz CT molecular complexity index is 321. The molecule has 0 bridgehead atoms. The van der Waals surface area contributed by atoms with Crippen molar-refractivity contribution in [3.63, 3.8) is 0 Å². The molecule has 1 aliphatic rings. The minimum absolute atomic E-state index is 0.589. The van der Waals surface area contributed by atoms with Gasteiger partial charge in [-0.3, -0.25) is 0 Å². The lowest BCUT2D eigenvalue weighted by atomic mass is 9.90. The van der Waals surface area contributed by atoms with Gasteiger partial charge in [-0.1, -0.05) is 18.2 Å². The van der Waals surface area contributed by atoms with Crippen molar-refractivity contribution in [3.05, 3.63) is 29.8 Å². The molecular formula is C12H17NOS. The van der Waals surface area contributed by atoms with Gasteiger partial charge < -0.3 is 9.87 Å². The second-order valence-corrected chi connectivity index (χ2v) is 5.36. The van der Waals surface area contributed by atoms with Gasteiger partial charge in [0.1, 0.15) is 6.26 Å². The maximum absolute atomic E-state index is 11.6. The summed E-state index contributed by atoms with van der Waals surface area (Å²) in [7, 11) is 0. The minimum atomic E-state index is -0.863. The van der Waals surface area contributed by atoms with E-state index in [0.29, 0.717) is 5.92 Å². The Morgan fingerprint density at radius 1 is 1.27 bits per heavy atom. The number of hydrogen-bond acceptors (Lipinski definition) is 2. The standard InChI is InChI=1S/C12H17NOS/c1-15(14)12-5-3-2-4-11(12)10-6-8-13-9-7-10/h2-5,10,13H,6-9H2,1H3/t15-/m0/s1. The number of piperidine rings is 1. The Morgan fingerprint density at radius 2 is 1.93 bits per heavy atom. The fourth-order valence-corrected chi connectivity index (χ4v) is 3.05. The van der Waals surface area contributed by atoms with E-state index in [2.05, 4.69) is 11.4 Å². The average molecular weight is 223 g/mol. The van der Waals surface area contributed by atoms with Gasteiger partial charge in [-0.2, -0.15) is 0 Å². The van der Waals surface area contributed by atoms with Crippen LogP contribution in [0.15, 0.2) is 29.2 Å². The van der Waals surface area contributed by atoms with E-state index in [1.807, 2.05) is 18.2 Å². The van der Waals surface area contributed by atoms with Gasteiger partial charge in [-0.25, -0.2) is 0 Å². The lowest BCUT2D eigenvalue weighted by Gasteiger charge is -2.24. The Balaban J connectivity index is 2.25. The van der Waals surface area contributed by atoms with Gasteiger partial charge >= 0.3 is 0 Å². The molecule has 82 valence electrons. The molecule has 1 saturated heterocycles. The maximum Gasteiger partial charge on any atom is 0.155 e. The first-order valence-corrected chi connectivity index (χ1v) is 6.98. The molecule has 0 spiro atoms. The summed E-state index contributed by atoms with van der Waals surface area (Å²) in [4.78, 5) is 1.02. The van der Waals surface area contributed by atoms with Gasteiger partial charge in [0, 0.05) is 5.56 Å². The molecule has 0 saturated carbocycles. The van der Waals surface area contributed by atoms with Crippen LogP contribution in [0.25, 0.3) is 0 Å². The fraction of sp³-hybridized carbons (Fsp3) is 0.500. The molecule has 1 aromatic carbocycles. The van der Waals surface area contributed by atoms with Crippen LogP contribution in [0, 0.1) is 0 Å². The summed E-state index contributed by atoms with van der Waals surface area (Å²) in [6.07, 6.45) is 4.09. The molecule has 0 unspecified atom stereocenters. The first-order chi connectivity index (χ1) is 7.29. The molecule has 1 aliphatic heterocycles. The SMILES string of the molecule is C[S@+]([O-])c1ccccc1C1CCNCC1. The Morgan fingerprint density at radius 3 is 2.60 bits per heavy atom. The van der Waals surface area contributed by atoms with Crippen molar-refractivity contribution in [2.75, 3.05) is 19.3 Å². The average Bonchev–Trinajstić information content (AvgIpc) is 2.30. The molecule has 3 heteroatoms. The van der Waals surface area contributed by atoms with E-state index in [1.54, 1.807) is 6.26 Å². The van der Waals surface area contributed by atoms with Gasteiger partial charge in [0.15, 0.2) is 4.90 Å². The van der Waals surface area contributed by atoms with Crippen LogP contribution in [0.4, 0.5) is 0 Å². The van der Waals surface area contributed by atoms with E-state index < -0.39 is 11.2 Å². The first-order valence-electron chi connectivity index (χ1n) is 5.42. The molecular weight excluding hydrogens is 206 g/mol. The summed E-state index contributed by atoms with van der Waals surface area (Å²) in [5, 5.41) is 3.36. The summed E-state index contributed by atoms with van der Waals surface area (Å²) in [6.45, 7) is 2.16. The van der Waals surface area contributed by atoms with Crippen LogP contribution < -0.4 is 5.32 Å². The Kier molecular flexibility index (Phi) is 3.67. The molecule has 1 aromatic rings. The van der Waals surface area contributed by atoms with Crippen molar-refractivity contribution >= 4 is 11.2 Å². The summed E-state index contributed by atoms with van der Waals surface area (Å²) in [5.74, 6) is 0.589. The summed E-state index contributed by atoms with van der Waals surface area (Å²) in [6, 6.07) is 8.15. The van der Waals surface area contributed by atoms with Crippen molar-refractivity contribution in [2.24, 2.45) is 0 Å². The molecule has 0 amide bonds. The first kappa shape index (κ1) is 11.0. The number of hydrogen-bond donors (Lipinski definition) is 1. The van der Waals surface area contributed by atoms with Gasteiger partial charge in [-0.15, -0.1) is 0 Å². The highest BCUT2D eigenvalue weighted by Crippen LogP contribution is 2.30. The van der Waals surface area contributed by atoms with Crippen LogP contribution in [-0.4, -0.2) is 23.9 Å². The van der Waals surface area contributed by atoms with Gasteiger partial charge in [0.05, 0.1) is 0 Å². The van der Waals surface area contributed by atoms with Crippen molar-refractivity contribution in [3.8, 4) is 0 Å². The van der Waals surface area contributed by atoms with E-state index in [0.717, 1.165) is 30.8 Å². The third-order valence-corrected chi connectivity index (χ3v) is 4.00. The molecule has 2 rings (SSSR count). The lowest BCUT2D eigenvalue weighted by molar-refractivity contribution is 0.455. The third-order valence-electron chi connectivity index (χ3n) is 3.01. The topological polar surface area (TPSA) is 35.1 Å². The van der Waals surface area contributed by atoms with Crippen LogP contribution in [0.1, 0.15) is 24.3 Å². The Labute approximate surface area is 94.3 Å². The van der Waals surface area contributed by atoms with Crippen LogP contribution in [0.2, 0.25) is 0 Å². The van der Waals surface area contributed by atoms with Crippen LogP contribution in [0.3, 0.4) is 0 Å². The highest BCUT2D eigenvalue weighted by atomic mass is 32.2. The number of nitrogens with one attached hydrogen (secondary N) is 1. The van der Waals surface area contributed by atoms with Crippen LogP contribution in [0.5, 0.6) is 0 Å².